The summed E-state index contributed by atoms with van der Waals surface area (Å²) in [6.45, 7) is 0.499. The Labute approximate surface area is 133 Å². The van der Waals surface area contributed by atoms with Gasteiger partial charge in [-0.15, -0.1) is 11.8 Å². The summed E-state index contributed by atoms with van der Waals surface area (Å²) >= 11 is 1.56. The van der Waals surface area contributed by atoms with Crippen molar-refractivity contribution in [2.45, 2.75) is 24.0 Å². The molecule has 1 aliphatic heterocycles. The third-order valence-electron chi connectivity index (χ3n) is 3.55. The molecule has 1 saturated heterocycles. The van der Waals surface area contributed by atoms with Gasteiger partial charge in [-0.05, 0) is 12.0 Å². The van der Waals surface area contributed by atoms with E-state index in [0.29, 0.717) is 30.4 Å². The summed E-state index contributed by atoms with van der Waals surface area (Å²) < 4.78 is 28.1. The second-order valence-electron chi connectivity index (χ2n) is 5.25. The zero-order valence-electron chi connectivity index (χ0n) is 11.9. The highest BCUT2D eigenvalue weighted by atomic mass is 32.2. The molecule has 0 amide bonds. The molecule has 2 N–H and O–H groups in total. The van der Waals surface area contributed by atoms with Crippen LogP contribution in [0.3, 0.4) is 0 Å². The lowest BCUT2D eigenvalue weighted by atomic mass is 10.1. The minimum absolute atomic E-state index is 0.129. The Bertz CT molecular complexity index is 741. The van der Waals surface area contributed by atoms with E-state index in [0.717, 1.165) is 11.1 Å². The summed E-state index contributed by atoms with van der Waals surface area (Å²) in [4.78, 5) is 4.35. The van der Waals surface area contributed by atoms with Gasteiger partial charge in [-0.2, -0.15) is 4.98 Å². The predicted octanol–water partition coefficient (Wildman–Crippen LogP) is 1.62. The van der Waals surface area contributed by atoms with Gasteiger partial charge in [0, 0.05) is 17.4 Å². The Balaban J connectivity index is 1.61. The zero-order chi connectivity index (χ0) is 15.6. The van der Waals surface area contributed by atoms with Gasteiger partial charge < -0.3 is 10.3 Å². The molecule has 8 heteroatoms. The first-order valence-electron chi connectivity index (χ1n) is 7.00. The van der Waals surface area contributed by atoms with Crippen molar-refractivity contribution in [2.24, 2.45) is 5.73 Å². The summed E-state index contributed by atoms with van der Waals surface area (Å²) in [6.07, 6.45) is 0.703. The molecule has 1 fully saturated rings. The van der Waals surface area contributed by atoms with Gasteiger partial charge in [0.25, 0.3) is 0 Å². The van der Waals surface area contributed by atoms with Crippen molar-refractivity contribution in [2.75, 3.05) is 11.5 Å². The van der Waals surface area contributed by atoms with Crippen LogP contribution in [0, 0.1) is 0 Å². The second kappa shape index (κ2) is 6.39. The Morgan fingerprint density at radius 2 is 2.09 bits per heavy atom. The minimum atomic E-state index is -2.84. The van der Waals surface area contributed by atoms with Crippen LogP contribution in [-0.2, 0) is 22.1 Å². The van der Waals surface area contributed by atoms with Crippen molar-refractivity contribution in [3.05, 3.63) is 35.7 Å². The van der Waals surface area contributed by atoms with Crippen LogP contribution in [0.25, 0.3) is 11.4 Å². The maximum atomic E-state index is 11.4. The van der Waals surface area contributed by atoms with E-state index in [1.54, 1.807) is 11.8 Å². The van der Waals surface area contributed by atoms with Crippen LogP contribution in [0.1, 0.15) is 17.9 Å². The molecule has 0 aliphatic carbocycles. The highest BCUT2D eigenvalue weighted by molar-refractivity contribution is 8.01. The average molecular weight is 339 g/mol. The molecule has 1 unspecified atom stereocenters. The third-order valence-corrected chi connectivity index (χ3v) is 6.82. The maximum Gasteiger partial charge on any atom is 0.236 e. The van der Waals surface area contributed by atoms with E-state index in [4.69, 9.17) is 10.3 Å². The summed E-state index contributed by atoms with van der Waals surface area (Å²) in [5.41, 5.74) is 7.49. The highest BCUT2D eigenvalue weighted by Crippen LogP contribution is 2.27. The molecule has 118 valence electrons. The molecule has 0 radical (unpaired) electrons. The van der Waals surface area contributed by atoms with Crippen LogP contribution >= 0.6 is 11.8 Å². The lowest BCUT2D eigenvalue weighted by molar-refractivity contribution is 0.391. The zero-order valence-corrected chi connectivity index (χ0v) is 13.6. The number of thioether (sulfide) groups is 1. The Morgan fingerprint density at radius 3 is 2.73 bits per heavy atom. The first-order chi connectivity index (χ1) is 10.6. The van der Waals surface area contributed by atoms with Gasteiger partial charge >= 0.3 is 0 Å². The number of benzene rings is 1. The second-order valence-corrected chi connectivity index (χ2v) is 8.77. The van der Waals surface area contributed by atoms with Gasteiger partial charge in [0.2, 0.25) is 11.7 Å². The largest absolute Gasteiger partial charge is 0.338 e. The molecule has 0 spiro atoms. The van der Waals surface area contributed by atoms with Crippen molar-refractivity contribution in [1.82, 2.24) is 10.1 Å². The van der Waals surface area contributed by atoms with Gasteiger partial charge in [0.15, 0.2) is 9.84 Å². The van der Waals surface area contributed by atoms with E-state index < -0.39 is 9.84 Å². The smallest absolute Gasteiger partial charge is 0.236 e. The molecule has 22 heavy (non-hydrogen) atoms. The van der Waals surface area contributed by atoms with Crippen LogP contribution in [-0.4, -0.2) is 35.3 Å². The number of sulfone groups is 1. The third kappa shape index (κ3) is 3.68. The molecule has 2 aromatic rings. The fourth-order valence-electron chi connectivity index (χ4n) is 2.30. The SMILES string of the molecule is NCc1ccc(-c2noc(CSC3CCS(=O)(=O)C3)n2)cc1. The Hall–Kier alpha value is -1.38. The Morgan fingerprint density at radius 1 is 1.32 bits per heavy atom. The molecule has 0 bridgehead atoms. The lowest BCUT2D eigenvalue weighted by Gasteiger charge is -2.03. The van der Waals surface area contributed by atoms with Gasteiger partial charge in [0.1, 0.15) is 0 Å². The maximum absolute atomic E-state index is 11.4. The average Bonchev–Trinajstić information content (AvgIpc) is 3.11. The highest BCUT2D eigenvalue weighted by Gasteiger charge is 2.28. The van der Waals surface area contributed by atoms with Gasteiger partial charge in [-0.1, -0.05) is 29.4 Å². The summed E-state index contributed by atoms with van der Waals surface area (Å²) in [5.74, 6) is 2.13. The van der Waals surface area contributed by atoms with Crippen LogP contribution < -0.4 is 5.73 Å². The van der Waals surface area contributed by atoms with Crippen LogP contribution in [0.15, 0.2) is 28.8 Å². The van der Waals surface area contributed by atoms with Crippen molar-refractivity contribution in [3.8, 4) is 11.4 Å². The quantitative estimate of drug-likeness (QED) is 0.883. The first kappa shape index (κ1) is 15.5. The van der Waals surface area contributed by atoms with Crippen LogP contribution in [0.4, 0.5) is 0 Å². The number of rotatable bonds is 5. The molecular weight excluding hydrogens is 322 g/mol. The van der Waals surface area contributed by atoms with Crippen molar-refractivity contribution in [3.63, 3.8) is 0 Å². The monoisotopic (exact) mass is 339 g/mol. The summed E-state index contributed by atoms with van der Waals surface area (Å²) in [6, 6.07) is 7.69. The molecule has 1 aromatic carbocycles. The summed E-state index contributed by atoms with van der Waals surface area (Å²) in [5, 5.41) is 4.10. The fourth-order valence-corrected chi connectivity index (χ4v) is 5.78. The van der Waals surface area contributed by atoms with Crippen LogP contribution in [0.2, 0.25) is 0 Å². The molecular formula is C14H17N3O3S2. The topological polar surface area (TPSA) is 99.1 Å². The number of nitrogens with zero attached hydrogens (tertiary/aromatic N) is 2. The van der Waals surface area contributed by atoms with Crippen LogP contribution in [0.5, 0.6) is 0 Å². The lowest BCUT2D eigenvalue weighted by Crippen LogP contribution is -2.06. The molecule has 2 heterocycles. The molecule has 1 aliphatic rings. The number of hydrogen-bond acceptors (Lipinski definition) is 7. The minimum Gasteiger partial charge on any atom is -0.338 e. The fraction of sp³-hybridized carbons (Fsp3) is 0.429. The molecule has 0 saturated carbocycles. The standard InChI is InChI=1S/C14H17N3O3S2/c15-7-10-1-3-11(4-2-10)14-16-13(20-17-14)8-21-12-5-6-22(18,19)9-12/h1-4,12H,5-9,15H2. The molecule has 1 atom stereocenters. The number of nitrogens with two attached hydrogens (primary N) is 1. The van der Waals surface area contributed by atoms with E-state index >= 15 is 0 Å². The first-order valence-corrected chi connectivity index (χ1v) is 9.87. The van der Waals surface area contributed by atoms with Gasteiger partial charge in [0.05, 0.1) is 17.3 Å². The Kier molecular flexibility index (Phi) is 4.51. The molecule has 6 nitrogen and oxygen atoms in total. The number of hydrogen-bond donors (Lipinski definition) is 1. The van der Waals surface area contributed by atoms with E-state index in [-0.39, 0.29) is 16.8 Å². The number of aromatic nitrogens is 2. The van der Waals surface area contributed by atoms with Gasteiger partial charge in [-0.3, -0.25) is 0 Å². The van der Waals surface area contributed by atoms with Crippen molar-refractivity contribution >= 4 is 21.6 Å². The van der Waals surface area contributed by atoms with E-state index in [1.807, 2.05) is 24.3 Å². The van der Waals surface area contributed by atoms with Crippen molar-refractivity contribution in [1.29, 1.82) is 0 Å². The van der Waals surface area contributed by atoms with Gasteiger partial charge in [-0.25, -0.2) is 8.42 Å². The molecule has 1 aromatic heterocycles. The molecule has 3 rings (SSSR count). The predicted molar refractivity (Wildman–Crippen MR) is 86.0 cm³/mol. The summed E-state index contributed by atoms with van der Waals surface area (Å²) in [7, 11) is -2.84. The van der Waals surface area contributed by atoms with E-state index in [9.17, 15) is 8.42 Å². The van der Waals surface area contributed by atoms with E-state index in [1.165, 1.54) is 0 Å². The normalized spacial score (nSPS) is 20.3. The van der Waals surface area contributed by atoms with Crippen molar-refractivity contribution < 1.29 is 12.9 Å². The van der Waals surface area contributed by atoms with E-state index in [2.05, 4.69) is 10.1 Å².